The molecule has 0 aromatic heterocycles. The van der Waals surface area contributed by atoms with Gasteiger partial charge in [0.25, 0.3) is 0 Å². The standard InChI is InChI=1S/C20H21N5O2/c1-3-4-15-16(13-5-7-14(27-2)8-6-13)19(11-22,12-23)18(10-21)9-20(15,24)25-17(18)26/h5-8,15-16H,3-4,9,24H2,1-2H3,(H,25,26)/t15-,16-,18+,20-/m1/s1. The maximum Gasteiger partial charge on any atom is 0.244 e. The molecule has 3 N–H and O–H groups in total. The molecule has 138 valence electrons. The predicted molar refractivity (Wildman–Crippen MR) is 95.5 cm³/mol. The molecule has 1 aliphatic carbocycles. The van der Waals surface area contributed by atoms with Crippen molar-refractivity contribution in [2.75, 3.05) is 7.11 Å². The Morgan fingerprint density at radius 2 is 1.85 bits per heavy atom. The Labute approximate surface area is 158 Å². The van der Waals surface area contributed by atoms with Crippen molar-refractivity contribution in [2.45, 2.75) is 37.8 Å². The summed E-state index contributed by atoms with van der Waals surface area (Å²) in [6.07, 6.45) is 1.33. The van der Waals surface area contributed by atoms with Crippen LogP contribution in [0.1, 0.15) is 37.7 Å². The number of methoxy groups -OCH3 is 1. The Kier molecular flexibility index (Phi) is 4.34. The van der Waals surface area contributed by atoms with E-state index in [1.165, 1.54) is 0 Å². The number of ether oxygens (including phenoxy) is 1. The van der Waals surface area contributed by atoms with Crippen molar-refractivity contribution in [3.63, 3.8) is 0 Å². The number of amides is 1. The minimum absolute atomic E-state index is 0.0478. The molecule has 1 aromatic rings. The highest BCUT2D eigenvalue weighted by Gasteiger charge is 2.76. The average Bonchev–Trinajstić information content (AvgIpc) is 2.94. The largest absolute Gasteiger partial charge is 0.497 e. The minimum Gasteiger partial charge on any atom is -0.497 e. The van der Waals surface area contributed by atoms with Crippen LogP contribution >= 0.6 is 0 Å². The van der Waals surface area contributed by atoms with Gasteiger partial charge in [-0.1, -0.05) is 25.5 Å². The summed E-state index contributed by atoms with van der Waals surface area (Å²) < 4.78 is 5.19. The van der Waals surface area contributed by atoms with Gasteiger partial charge in [-0.05, 0) is 24.1 Å². The molecule has 0 spiro atoms. The van der Waals surface area contributed by atoms with Crippen LogP contribution in [0.25, 0.3) is 0 Å². The van der Waals surface area contributed by atoms with Crippen molar-refractivity contribution in [3.8, 4) is 24.0 Å². The Morgan fingerprint density at radius 1 is 1.22 bits per heavy atom. The predicted octanol–water partition coefficient (Wildman–Crippen LogP) is 1.93. The SMILES string of the molecule is CCC[C@@H]1[C@@H](c2ccc(OC)cc2)C(C#N)(C#N)[C@]2(C#N)C[C@@]1(N)NC2=O. The normalized spacial score (nSPS) is 33.3. The molecule has 2 aliphatic rings. The van der Waals surface area contributed by atoms with Gasteiger partial charge in [0.1, 0.15) is 5.75 Å². The van der Waals surface area contributed by atoms with Crippen LogP contribution in [-0.2, 0) is 4.79 Å². The highest BCUT2D eigenvalue weighted by molar-refractivity contribution is 5.92. The molecule has 1 aliphatic heterocycles. The third-order valence-electron chi connectivity index (χ3n) is 6.11. The second-order valence-electron chi connectivity index (χ2n) is 7.37. The van der Waals surface area contributed by atoms with E-state index in [0.29, 0.717) is 17.7 Å². The maximum atomic E-state index is 12.8. The molecule has 4 atom stereocenters. The second kappa shape index (κ2) is 6.27. The van der Waals surface area contributed by atoms with Gasteiger partial charge < -0.3 is 15.8 Å². The van der Waals surface area contributed by atoms with Crippen LogP contribution in [0.2, 0.25) is 0 Å². The lowest BCUT2D eigenvalue weighted by molar-refractivity contribution is -0.128. The first-order valence-electron chi connectivity index (χ1n) is 8.87. The molecule has 1 aromatic carbocycles. The van der Waals surface area contributed by atoms with E-state index in [1.807, 2.05) is 13.0 Å². The van der Waals surface area contributed by atoms with Crippen molar-refractivity contribution in [2.24, 2.45) is 22.5 Å². The fourth-order valence-corrected chi connectivity index (χ4v) is 4.85. The second-order valence-corrected chi connectivity index (χ2v) is 7.37. The van der Waals surface area contributed by atoms with Gasteiger partial charge in [-0.15, -0.1) is 0 Å². The number of nitriles is 3. The van der Waals surface area contributed by atoms with Crippen molar-refractivity contribution in [1.82, 2.24) is 5.32 Å². The number of carbonyl (C=O) groups is 1. The number of rotatable bonds is 4. The van der Waals surface area contributed by atoms with E-state index in [9.17, 15) is 20.6 Å². The topological polar surface area (TPSA) is 136 Å². The van der Waals surface area contributed by atoms with E-state index in [2.05, 4.69) is 17.5 Å². The van der Waals surface area contributed by atoms with Crippen molar-refractivity contribution < 1.29 is 9.53 Å². The van der Waals surface area contributed by atoms with Gasteiger partial charge in [0.05, 0.1) is 31.0 Å². The van der Waals surface area contributed by atoms with Gasteiger partial charge in [-0.2, -0.15) is 15.8 Å². The van der Waals surface area contributed by atoms with Gasteiger partial charge in [0.15, 0.2) is 10.8 Å². The minimum atomic E-state index is -1.83. The molecular formula is C20H21N5O2. The molecule has 1 saturated carbocycles. The van der Waals surface area contributed by atoms with E-state index in [-0.39, 0.29) is 12.3 Å². The summed E-state index contributed by atoms with van der Waals surface area (Å²) in [4.78, 5) is 12.8. The van der Waals surface area contributed by atoms with E-state index in [1.54, 1.807) is 31.4 Å². The van der Waals surface area contributed by atoms with Crippen LogP contribution in [0, 0.1) is 50.7 Å². The Bertz CT molecular complexity index is 877. The number of nitrogens with one attached hydrogen (secondary N) is 1. The molecule has 1 heterocycles. The third-order valence-corrected chi connectivity index (χ3v) is 6.11. The zero-order valence-corrected chi connectivity index (χ0v) is 15.3. The summed E-state index contributed by atoms with van der Waals surface area (Å²) in [7, 11) is 1.55. The van der Waals surface area contributed by atoms with Crippen LogP contribution in [0.4, 0.5) is 0 Å². The Morgan fingerprint density at radius 3 is 2.33 bits per heavy atom. The zero-order chi connectivity index (χ0) is 19.9. The van der Waals surface area contributed by atoms with Crippen LogP contribution in [0.5, 0.6) is 5.75 Å². The fourth-order valence-electron chi connectivity index (χ4n) is 4.85. The Hall–Kier alpha value is -3.08. The monoisotopic (exact) mass is 363 g/mol. The molecule has 0 radical (unpaired) electrons. The first kappa shape index (κ1) is 18.7. The molecule has 0 unspecified atom stereocenters. The molecule has 1 saturated heterocycles. The molecule has 1 amide bonds. The Balaban J connectivity index is 2.31. The zero-order valence-electron chi connectivity index (χ0n) is 15.3. The quantitative estimate of drug-likeness (QED) is 0.839. The number of nitrogens with two attached hydrogens (primary N) is 1. The first-order chi connectivity index (χ1) is 12.9. The van der Waals surface area contributed by atoms with Crippen LogP contribution in [0.15, 0.2) is 24.3 Å². The van der Waals surface area contributed by atoms with E-state index < -0.39 is 28.3 Å². The number of hydrogen-bond acceptors (Lipinski definition) is 6. The van der Waals surface area contributed by atoms with Gasteiger partial charge in [0, 0.05) is 18.3 Å². The highest BCUT2D eigenvalue weighted by Crippen LogP contribution is 2.64. The lowest BCUT2D eigenvalue weighted by Crippen LogP contribution is -2.62. The van der Waals surface area contributed by atoms with Crippen molar-refractivity contribution >= 4 is 5.91 Å². The van der Waals surface area contributed by atoms with Crippen molar-refractivity contribution in [1.29, 1.82) is 15.8 Å². The number of carbonyl (C=O) groups excluding carboxylic acids is 1. The molecule has 27 heavy (non-hydrogen) atoms. The van der Waals surface area contributed by atoms with Crippen molar-refractivity contribution in [3.05, 3.63) is 29.8 Å². The van der Waals surface area contributed by atoms with Crippen LogP contribution < -0.4 is 15.8 Å². The molecule has 7 heteroatoms. The average molecular weight is 363 g/mol. The number of hydrogen-bond donors (Lipinski definition) is 2. The van der Waals surface area contributed by atoms with E-state index in [0.717, 1.165) is 6.42 Å². The van der Waals surface area contributed by atoms with Crippen LogP contribution in [0.3, 0.4) is 0 Å². The summed E-state index contributed by atoms with van der Waals surface area (Å²) in [5.74, 6) is -1.04. The highest BCUT2D eigenvalue weighted by atomic mass is 16.5. The summed E-state index contributed by atoms with van der Waals surface area (Å²) in [6.45, 7) is 1.98. The summed E-state index contributed by atoms with van der Waals surface area (Å²) in [5, 5.41) is 32.9. The first-order valence-corrected chi connectivity index (χ1v) is 8.87. The molecular weight excluding hydrogens is 342 g/mol. The maximum absolute atomic E-state index is 12.8. The van der Waals surface area contributed by atoms with Gasteiger partial charge >= 0.3 is 0 Å². The molecule has 2 fully saturated rings. The third kappa shape index (κ3) is 2.24. The lowest BCUT2D eigenvalue weighted by atomic mass is 9.47. The van der Waals surface area contributed by atoms with E-state index in [4.69, 9.17) is 10.5 Å². The van der Waals surface area contributed by atoms with E-state index >= 15 is 0 Å². The van der Waals surface area contributed by atoms with Gasteiger partial charge in [0.2, 0.25) is 5.91 Å². The number of benzene rings is 1. The van der Waals surface area contributed by atoms with Gasteiger partial charge in [-0.25, -0.2) is 0 Å². The lowest BCUT2D eigenvalue weighted by Gasteiger charge is -2.50. The van der Waals surface area contributed by atoms with Crippen LogP contribution in [-0.4, -0.2) is 18.7 Å². The summed E-state index contributed by atoms with van der Waals surface area (Å²) in [5.41, 5.74) is 2.49. The van der Waals surface area contributed by atoms with Gasteiger partial charge in [-0.3, -0.25) is 4.79 Å². The number of fused-ring (bicyclic) bond motifs is 2. The smallest absolute Gasteiger partial charge is 0.244 e. The molecule has 3 rings (SSSR count). The molecule has 7 nitrogen and oxygen atoms in total. The summed E-state index contributed by atoms with van der Waals surface area (Å²) in [6, 6.07) is 13.2. The fraction of sp³-hybridized carbons (Fsp3) is 0.500. The molecule has 2 bridgehead atoms. The number of nitrogens with zero attached hydrogens (tertiary/aromatic N) is 3. The summed E-state index contributed by atoms with van der Waals surface area (Å²) >= 11 is 0.